The van der Waals surface area contributed by atoms with Crippen LogP contribution in [0.25, 0.3) is 6.08 Å². The molecule has 0 saturated carbocycles. The number of carbonyl (C=O) groups is 2. The van der Waals surface area contributed by atoms with Crippen LogP contribution >= 0.6 is 0 Å². The topological polar surface area (TPSA) is 80.4 Å². The Kier molecular flexibility index (Phi) is 6.64. The van der Waals surface area contributed by atoms with E-state index in [0.717, 1.165) is 11.3 Å². The SMILES string of the molecule is CCOC(=O)c1ccc(C=CCNC(=O)OCc2ccccc2)[nH]1. The molecule has 2 aromatic rings. The molecule has 1 heterocycles. The molecule has 126 valence electrons. The van der Waals surface area contributed by atoms with Gasteiger partial charge in [-0.1, -0.05) is 36.4 Å². The number of rotatable bonds is 7. The second-order valence-electron chi connectivity index (χ2n) is 4.89. The molecular weight excluding hydrogens is 308 g/mol. The fourth-order valence-electron chi connectivity index (χ4n) is 1.94. The molecule has 0 spiro atoms. The lowest BCUT2D eigenvalue weighted by Crippen LogP contribution is -2.24. The Hall–Kier alpha value is -3.02. The van der Waals surface area contributed by atoms with Crippen molar-refractivity contribution in [1.82, 2.24) is 10.3 Å². The summed E-state index contributed by atoms with van der Waals surface area (Å²) in [5.41, 5.74) is 2.07. The molecule has 1 aromatic heterocycles. The number of hydrogen-bond acceptors (Lipinski definition) is 4. The average Bonchev–Trinajstić information content (AvgIpc) is 3.07. The molecule has 0 aliphatic heterocycles. The number of amides is 1. The summed E-state index contributed by atoms with van der Waals surface area (Å²) in [5.74, 6) is -0.389. The average molecular weight is 328 g/mol. The number of carbonyl (C=O) groups excluding carboxylic acids is 2. The minimum Gasteiger partial charge on any atom is -0.461 e. The summed E-state index contributed by atoms with van der Waals surface area (Å²) in [4.78, 5) is 26.0. The van der Waals surface area contributed by atoms with Crippen molar-refractivity contribution in [3.05, 3.63) is 65.5 Å². The Labute approximate surface area is 140 Å². The first-order valence-corrected chi connectivity index (χ1v) is 7.66. The largest absolute Gasteiger partial charge is 0.461 e. The maximum Gasteiger partial charge on any atom is 0.407 e. The van der Waals surface area contributed by atoms with Crippen LogP contribution in [0.3, 0.4) is 0 Å². The second-order valence-corrected chi connectivity index (χ2v) is 4.89. The highest BCUT2D eigenvalue weighted by atomic mass is 16.5. The molecule has 24 heavy (non-hydrogen) atoms. The lowest BCUT2D eigenvalue weighted by molar-refractivity contribution is 0.0520. The number of aromatic nitrogens is 1. The molecule has 0 aliphatic rings. The summed E-state index contributed by atoms with van der Waals surface area (Å²) in [6.45, 7) is 2.64. The molecule has 1 aromatic carbocycles. The summed E-state index contributed by atoms with van der Waals surface area (Å²) in [5, 5.41) is 2.62. The highest BCUT2D eigenvalue weighted by Crippen LogP contribution is 2.05. The van der Waals surface area contributed by atoms with Crippen molar-refractivity contribution < 1.29 is 19.1 Å². The van der Waals surface area contributed by atoms with Crippen molar-refractivity contribution in [3.8, 4) is 0 Å². The van der Waals surface area contributed by atoms with E-state index in [4.69, 9.17) is 9.47 Å². The molecule has 0 saturated heterocycles. The number of aromatic amines is 1. The second kappa shape index (κ2) is 9.19. The first kappa shape index (κ1) is 17.3. The molecule has 0 unspecified atom stereocenters. The predicted octanol–water partition coefficient (Wildman–Crippen LogP) is 3.13. The van der Waals surface area contributed by atoms with E-state index in [2.05, 4.69) is 10.3 Å². The van der Waals surface area contributed by atoms with Crippen molar-refractivity contribution in [1.29, 1.82) is 0 Å². The number of esters is 1. The highest BCUT2D eigenvalue weighted by Gasteiger charge is 2.07. The lowest BCUT2D eigenvalue weighted by atomic mass is 10.2. The van der Waals surface area contributed by atoms with Gasteiger partial charge in [-0.25, -0.2) is 9.59 Å². The van der Waals surface area contributed by atoms with Crippen LogP contribution in [0.4, 0.5) is 4.79 Å². The van der Waals surface area contributed by atoms with Crippen LogP contribution in [0, 0.1) is 0 Å². The zero-order valence-electron chi connectivity index (χ0n) is 13.5. The van der Waals surface area contributed by atoms with Gasteiger partial charge in [-0.15, -0.1) is 0 Å². The number of ether oxygens (including phenoxy) is 2. The van der Waals surface area contributed by atoms with E-state index in [1.54, 1.807) is 31.2 Å². The summed E-state index contributed by atoms with van der Waals surface area (Å²) in [6.07, 6.45) is 3.03. The molecule has 0 atom stereocenters. The van der Waals surface area contributed by atoms with Gasteiger partial charge in [0.1, 0.15) is 12.3 Å². The predicted molar refractivity (Wildman–Crippen MR) is 90.4 cm³/mol. The minimum atomic E-state index is -0.484. The van der Waals surface area contributed by atoms with E-state index in [1.165, 1.54) is 0 Å². The van der Waals surface area contributed by atoms with E-state index in [0.29, 0.717) is 18.8 Å². The van der Waals surface area contributed by atoms with Gasteiger partial charge in [0.05, 0.1) is 6.61 Å². The summed E-state index contributed by atoms with van der Waals surface area (Å²) in [7, 11) is 0. The molecule has 0 fully saturated rings. The van der Waals surface area contributed by atoms with Crippen LogP contribution in [-0.4, -0.2) is 30.2 Å². The Bertz CT molecular complexity index is 692. The van der Waals surface area contributed by atoms with Gasteiger partial charge in [0, 0.05) is 12.2 Å². The molecule has 2 rings (SSSR count). The Morgan fingerprint density at radius 3 is 2.67 bits per heavy atom. The molecule has 0 radical (unpaired) electrons. The van der Waals surface area contributed by atoms with Crippen LogP contribution in [0.15, 0.2) is 48.5 Å². The van der Waals surface area contributed by atoms with E-state index in [1.807, 2.05) is 30.3 Å². The third-order valence-corrected chi connectivity index (χ3v) is 3.08. The lowest BCUT2D eigenvalue weighted by Gasteiger charge is -2.05. The monoisotopic (exact) mass is 328 g/mol. The van der Waals surface area contributed by atoms with Gasteiger partial charge in [-0.2, -0.15) is 0 Å². The minimum absolute atomic E-state index is 0.232. The molecule has 0 bridgehead atoms. The summed E-state index contributed by atoms with van der Waals surface area (Å²) >= 11 is 0. The van der Waals surface area contributed by atoms with E-state index >= 15 is 0 Å². The van der Waals surface area contributed by atoms with Crippen LogP contribution in [-0.2, 0) is 16.1 Å². The zero-order chi connectivity index (χ0) is 17.2. The Morgan fingerprint density at radius 2 is 1.92 bits per heavy atom. The standard InChI is InChI=1S/C18H20N2O4/c1-2-23-17(21)16-11-10-15(20-16)9-6-12-19-18(22)24-13-14-7-4-3-5-8-14/h3-11,20H,2,12-13H2,1H3,(H,19,22). The smallest absolute Gasteiger partial charge is 0.407 e. The van der Waals surface area contributed by atoms with Crippen molar-refractivity contribution in [2.75, 3.05) is 13.2 Å². The third-order valence-electron chi connectivity index (χ3n) is 3.08. The van der Waals surface area contributed by atoms with Crippen molar-refractivity contribution in [2.45, 2.75) is 13.5 Å². The van der Waals surface area contributed by atoms with Gasteiger partial charge in [0.15, 0.2) is 0 Å². The first-order chi connectivity index (χ1) is 11.7. The maximum absolute atomic E-state index is 11.6. The molecule has 6 heteroatoms. The Morgan fingerprint density at radius 1 is 1.12 bits per heavy atom. The van der Waals surface area contributed by atoms with Crippen LogP contribution in [0.2, 0.25) is 0 Å². The molecule has 2 N–H and O–H groups in total. The number of H-pyrrole nitrogens is 1. The quantitative estimate of drug-likeness (QED) is 0.765. The Balaban J connectivity index is 1.70. The summed E-state index contributed by atoms with van der Waals surface area (Å²) < 4.78 is 9.98. The van der Waals surface area contributed by atoms with Crippen molar-refractivity contribution in [2.24, 2.45) is 0 Å². The van der Waals surface area contributed by atoms with E-state index in [-0.39, 0.29) is 12.6 Å². The van der Waals surface area contributed by atoms with Gasteiger partial charge < -0.3 is 19.8 Å². The van der Waals surface area contributed by atoms with Crippen LogP contribution in [0.1, 0.15) is 28.7 Å². The molecular formula is C18H20N2O4. The fraction of sp³-hybridized carbons (Fsp3) is 0.222. The maximum atomic E-state index is 11.6. The van der Waals surface area contributed by atoms with E-state index < -0.39 is 6.09 Å². The highest BCUT2D eigenvalue weighted by molar-refractivity contribution is 5.87. The van der Waals surface area contributed by atoms with Gasteiger partial charge in [0.25, 0.3) is 0 Å². The van der Waals surface area contributed by atoms with E-state index in [9.17, 15) is 9.59 Å². The number of alkyl carbamates (subject to hydrolysis) is 1. The third kappa shape index (κ3) is 5.64. The fourth-order valence-corrected chi connectivity index (χ4v) is 1.94. The van der Waals surface area contributed by atoms with Crippen molar-refractivity contribution >= 4 is 18.1 Å². The number of benzene rings is 1. The van der Waals surface area contributed by atoms with Crippen LogP contribution < -0.4 is 5.32 Å². The molecule has 0 aliphatic carbocycles. The number of nitrogens with one attached hydrogen (secondary N) is 2. The summed E-state index contributed by atoms with van der Waals surface area (Å²) in [6, 6.07) is 12.9. The molecule has 1 amide bonds. The van der Waals surface area contributed by atoms with Gasteiger partial charge in [-0.05, 0) is 30.7 Å². The first-order valence-electron chi connectivity index (χ1n) is 7.66. The molecule has 6 nitrogen and oxygen atoms in total. The zero-order valence-corrected chi connectivity index (χ0v) is 13.5. The normalized spacial score (nSPS) is 10.5. The van der Waals surface area contributed by atoms with Gasteiger partial charge in [-0.3, -0.25) is 0 Å². The van der Waals surface area contributed by atoms with Gasteiger partial charge >= 0.3 is 12.1 Å². The van der Waals surface area contributed by atoms with Gasteiger partial charge in [0.2, 0.25) is 0 Å². The van der Waals surface area contributed by atoms with Crippen LogP contribution in [0.5, 0.6) is 0 Å². The number of hydrogen-bond donors (Lipinski definition) is 2. The van der Waals surface area contributed by atoms with Crippen molar-refractivity contribution in [3.63, 3.8) is 0 Å².